The molecular weight excluding hydrogens is 220 g/mol. The number of ether oxygens (including phenoxy) is 3. The summed E-state index contributed by atoms with van der Waals surface area (Å²) in [5.41, 5.74) is 2.99. The maximum absolute atomic E-state index is 11.3. The van der Waals surface area contributed by atoms with E-state index in [0.717, 1.165) is 16.7 Å². The van der Waals surface area contributed by atoms with Crippen molar-refractivity contribution in [2.75, 3.05) is 21.3 Å². The van der Waals surface area contributed by atoms with Crippen LogP contribution in [0, 0.1) is 0 Å². The van der Waals surface area contributed by atoms with Gasteiger partial charge in [0.2, 0.25) is 0 Å². The monoisotopic (exact) mass is 238 g/mol. The highest BCUT2D eigenvalue weighted by Crippen LogP contribution is 2.15. The van der Waals surface area contributed by atoms with E-state index in [9.17, 15) is 4.79 Å². The number of esters is 1. The van der Waals surface area contributed by atoms with Crippen LogP contribution >= 0.6 is 0 Å². The standard InChI is InChI=1S/C13H18O4/c1-15-8-10-4-5-11(7-13(14)17-3)12(6-10)9-16-2/h4-6H,7-9H2,1-3H3. The Kier molecular flexibility index (Phi) is 5.66. The highest BCUT2D eigenvalue weighted by Gasteiger charge is 2.09. The van der Waals surface area contributed by atoms with Crippen molar-refractivity contribution in [1.82, 2.24) is 0 Å². The summed E-state index contributed by atoms with van der Waals surface area (Å²) in [6, 6.07) is 5.85. The summed E-state index contributed by atoms with van der Waals surface area (Å²) < 4.78 is 14.9. The Morgan fingerprint density at radius 2 is 1.76 bits per heavy atom. The van der Waals surface area contributed by atoms with E-state index in [1.165, 1.54) is 7.11 Å². The van der Waals surface area contributed by atoms with E-state index in [1.807, 2.05) is 18.2 Å². The lowest BCUT2D eigenvalue weighted by atomic mass is 10.0. The first kappa shape index (κ1) is 13.7. The molecule has 0 aliphatic heterocycles. The Morgan fingerprint density at radius 1 is 1.06 bits per heavy atom. The first-order valence-corrected chi connectivity index (χ1v) is 5.36. The van der Waals surface area contributed by atoms with Gasteiger partial charge in [-0.3, -0.25) is 4.79 Å². The Hall–Kier alpha value is -1.39. The molecule has 0 saturated heterocycles. The smallest absolute Gasteiger partial charge is 0.309 e. The van der Waals surface area contributed by atoms with Crippen LogP contribution in [0.15, 0.2) is 18.2 Å². The Balaban J connectivity index is 2.90. The van der Waals surface area contributed by atoms with E-state index in [-0.39, 0.29) is 12.4 Å². The lowest BCUT2D eigenvalue weighted by Crippen LogP contribution is -2.08. The van der Waals surface area contributed by atoms with Crippen LogP contribution in [0.5, 0.6) is 0 Å². The van der Waals surface area contributed by atoms with Gasteiger partial charge in [0, 0.05) is 14.2 Å². The van der Waals surface area contributed by atoms with E-state index in [1.54, 1.807) is 14.2 Å². The van der Waals surface area contributed by atoms with Crippen molar-refractivity contribution >= 4 is 5.97 Å². The van der Waals surface area contributed by atoms with Crippen LogP contribution in [0.25, 0.3) is 0 Å². The van der Waals surface area contributed by atoms with Crippen molar-refractivity contribution in [3.05, 3.63) is 34.9 Å². The molecular formula is C13H18O4. The lowest BCUT2D eigenvalue weighted by molar-refractivity contribution is -0.139. The van der Waals surface area contributed by atoms with Crippen LogP contribution in [-0.4, -0.2) is 27.3 Å². The number of methoxy groups -OCH3 is 3. The molecule has 0 fully saturated rings. The highest BCUT2D eigenvalue weighted by atomic mass is 16.5. The average molecular weight is 238 g/mol. The van der Waals surface area contributed by atoms with Gasteiger partial charge in [-0.2, -0.15) is 0 Å². The van der Waals surface area contributed by atoms with Crippen molar-refractivity contribution in [3.8, 4) is 0 Å². The Bertz CT molecular complexity index is 374. The molecule has 1 rings (SSSR count). The van der Waals surface area contributed by atoms with E-state index >= 15 is 0 Å². The molecule has 0 aromatic heterocycles. The molecule has 17 heavy (non-hydrogen) atoms. The number of carbonyl (C=O) groups is 1. The fourth-order valence-electron chi connectivity index (χ4n) is 1.63. The molecule has 94 valence electrons. The quantitative estimate of drug-likeness (QED) is 0.707. The summed E-state index contributed by atoms with van der Waals surface area (Å²) in [5, 5.41) is 0. The fraction of sp³-hybridized carbons (Fsp3) is 0.462. The molecule has 0 aliphatic carbocycles. The van der Waals surface area contributed by atoms with Crippen molar-refractivity contribution in [1.29, 1.82) is 0 Å². The Labute approximate surface area is 101 Å². The highest BCUT2D eigenvalue weighted by molar-refractivity contribution is 5.72. The van der Waals surface area contributed by atoms with Gasteiger partial charge in [-0.1, -0.05) is 18.2 Å². The number of hydrogen-bond donors (Lipinski definition) is 0. The SMILES string of the molecule is COCc1ccc(CC(=O)OC)c(COC)c1. The van der Waals surface area contributed by atoms with Crippen LogP contribution in [0.4, 0.5) is 0 Å². The second kappa shape index (κ2) is 7.04. The predicted octanol–water partition coefficient (Wildman–Crippen LogP) is 1.69. The van der Waals surface area contributed by atoms with Crippen LogP contribution in [-0.2, 0) is 38.6 Å². The molecule has 0 heterocycles. The van der Waals surface area contributed by atoms with E-state index in [0.29, 0.717) is 13.2 Å². The van der Waals surface area contributed by atoms with Gasteiger partial charge in [-0.25, -0.2) is 0 Å². The maximum Gasteiger partial charge on any atom is 0.309 e. The van der Waals surface area contributed by atoms with Gasteiger partial charge in [0.1, 0.15) is 0 Å². The van der Waals surface area contributed by atoms with Gasteiger partial charge < -0.3 is 14.2 Å². The molecule has 0 unspecified atom stereocenters. The third-order valence-corrected chi connectivity index (χ3v) is 2.44. The minimum Gasteiger partial charge on any atom is -0.469 e. The zero-order chi connectivity index (χ0) is 12.7. The number of rotatable bonds is 6. The second-order valence-corrected chi connectivity index (χ2v) is 3.72. The van der Waals surface area contributed by atoms with Crippen molar-refractivity contribution in [2.24, 2.45) is 0 Å². The third-order valence-electron chi connectivity index (χ3n) is 2.44. The molecule has 0 radical (unpaired) electrons. The molecule has 0 atom stereocenters. The van der Waals surface area contributed by atoms with E-state index in [2.05, 4.69) is 4.74 Å². The normalized spacial score (nSPS) is 10.3. The summed E-state index contributed by atoms with van der Waals surface area (Å²) >= 11 is 0. The molecule has 1 aromatic carbocycles. The molecule has 4 heteroatoms. The second-order valence-electron chi connectivity index (χ2n) is 3.72. The van der Waals surface area contributed by atoms with Gasteiger partial charge in [-0.05, 0) is 16.7 Å². The van der Waals surface area contributed by atoms with Crippen molar-refractivity contribution < 1.29 is 19.0 Å². The number of hydrogen-bond acceptors (Lipinski definition) is 4. The molecule has 0 spiro atoms. The first-order chi connectivity index (χ1) is 8.21. The van der Waals surface area contributed by atoms with Gasteiger partial charge in [0.15, 0.2) is 0 Å². The number of carbonyl (C=O) groups excluding carboxylic acids is 1. The molecule has 0 saturated carbocycles. The maximum atomic E-state index is 11.3. The molecule has 4 nitrogen and oxygen atoms in total. The molecule has 0 N–H and O–H groups in total. The minimum absolute atomic E-state index is 0.248. The molecule has 0 aliphatic rings. The predicted molar refractivity (Wildman–Crippen MR) is 63.6 cm³/mol. The van der Waals surface area contributed by atoms with Gasteiger partial charge in [0.25, 0.3) is 0 Å². The average Bonchev–Trinajstić information content (AvgIpc) is 2.33. The topological polar surface area (TPSA) is 44.8 Å². The largest absolute Gasteiger partial charge is 0.469 e. The van der Waals surface area contributed by atoms with E-state index < -0.39 is 0 Å². The van der Waals surface area contributed by atoms with Crippen LogP contribution in [0.3, 0.4) is 0 Å². The summed E-state index contributed by atoms with van der Waals surface area (Å²) in [7, 11) is 4.67. The van der Waals surface area contributed by atoms with Gasteiger partial charge in [0.05, 0.1) is 26.7 Å². The number of benzene rings is 1. The summed E-state index contributed by atoms with van der Waals surface area (Å²) in [6.45, 7) is 1.03. The molecule has 0 amide bonds. The summed E-state index contributed by atoms with van der Waals surface area (Å²) in [4.78, 5) is 11.3. The molecule has 0 bridgehead atoms. The van der Waals surface area contributed by atoms with Crippen LogP contribution in [0.2, 0.25) is 0 Å². The summed E-state index contributed by atoms with van der Waals surface area (Å²) in [6.07, 6.45) is 0.266. The van der Waals surface area contributed by atoms with Gasteiger partial charge in [-0.15, -0.1) is 0 Å². The van der Waals surface area contributed by atoms with Crippen LogP contribution in [0.1, 0.15) is 16.7 Å². The summed E-state index contributed by atoms with van der Waals surface area (Å²) in [5.74, 6) is -0.248. The van der Waals surface area contributed by atoms with Gasteiger partial charge >= 0.3 is 5.97 Å². The molecule has 1 aromatic rings. The fourth-order valence-corrected chi connectivity index (χ4v) is 1.63. The van der Waals surface area contributed by atoms with Crippen molar-refractivity contribution in [3.63, 3.8) is 0 Å². The lowest BCUT2D eigenvalue weighted by Gasteiger charge is -2.10. The third kappa shape index (κ3) is 4.17. The van der Waals surface area contributed by atoms with Crippen LogP contribution < -0.4 is 0 Å². The van der Waals surface area contributed by atoms with E-state index in [4.69, 9.17) is 9.47 Å². The first-order valence-electron chi connectivity index (χ1n) is 5.36. The van der Waals surface area contributed by atoms with Crippen molar-refractivity contribution in [2.45, 2.75) is 19.6 Å². The zero-order valence-electron chi connectivity index (χ0n) is 10.5. The zero-order valence-corrected chi connectivity index (χ0v) is 10.5. The Morgan fingerprint density at radius 3 is 2.35 bits per heavy atom. The minimum atomic E-state index is -0.248.